The molecule has 2 rings (SSSR count). The van der Waals surface area contributed by atoms with Gasteiger partial charge in [0.15, 0.2) is 11.5 Å². The van der Waals surface area contributed by atoms with Gasteiger partial charge in [-0.25, -0.2) is 0 Å². The Bertz CT molecular complexity index is 569. The SMILES string of the molecule is C#CCCC1(COc2ccc(CCC=O)cc2OC)N=N1. The third kappa shape index (κ3) is 4.06. The number of benzene rings is 1. The van der Waals surface area contributed by atoms with E-state index in [4.69, 9.17) is 15.9 Å². The molecule has 5 heteroatoms. The number of terminal acetylenes is 1. The van der Waals surface area contributed by atoms with Crippen LogP contribution in [0.4, 0.5) is 0 Å². The van der Waals surface area contributed by atoms with Crippen LogP contribution in [0.3, 0.4) is 0 Å². The maximum absolute atomic E-state index is 10.4. The highest BCUT2D eigenvalue weighted by molar-refractivity contribution is 5.51. The summed E-state index contributed by atoms with van der Waals surface area (Å²) in [5.41, 5.74) is 0.558. The van der Waals surface area contributed by atoms with Gasteiger partial charge in [0.05, 0.1) is 7.11 Å². The van der Waals surface area contributed by atoms with Crippen molar-refractivity contribution >= 4 is 6.29 Å². The average Bonchev–Trinajstić information content (AvgIpc) is 3.29. The fourth-order valence-electron chi connectivity index (χ4n) is 1.98. The van der Waals surface area contributed by atoms with E-state index in [2.05, 4.69) is 16.1 Å². The largest absolute Gasteiger partial charge is 0.493 e. The molecule has 0 fully saturated rings. The standard InChI is InChI=1S/C16H18N2O3/c1-3-4-9-16(17-18-16)12-21-14-8-7-13(6-5-10-19)11-15(14)20-2/h1,7-8,10-11H,4-6,9,12H2,2H3. The second-order valence-corrected chi connectivity index (χ2v) is 4.87. The molecule has 21 heavy (non-hydrogen) atoms. The van der Waals surface area contributed by atoms with E-state index in [1.165, 1.54) is 0 Å². The molecule has 0 aliphatic carbocycles. The molecule has 1 aromatic carbocycles. The Labute approximate surface area is 124 Å². The third-order valence-electron chi connectivity index (χ3n) is 3.29. The van der Waals surface area contributed by atoms with Gasteiger partial charge in [-0.2, -0.15) is 10.2 Å². The average molecular weight is 286 g/mol. The van der Waals surface area contributed by atoms with Gasteiger partial charge < -0.3 is 14.3 Å². The quantitative estimate of drug-likeness (QED) is 0.518. The minimum Gasteiger partial charge on any atom is -0.493 e. The molecule has 1 aliphatic heterocycles. The zero-order valence-electron chi connectivity index (χ0n) is 12.0. The van der Waals surface area contributed by atoms with Crippen molar-refractivity contribution in [1.29, 1.82) is 0 Å². The summed E-state index contributed by atoms with van der Waals surface area (Å²) in [6.45, 7) is 0.360. The summed E-state index contributed by atoms with van der Waals surface area (Å²) >= 11 is 0. The Balaban J connectivity index is 1.96. The first-order valence-corrected chi connectivity index (χ1v) is 6.84. The topological polar surface area (TPSA) is 60.2 Å². The molecule has 0 aromatic heterocycles. The zero-order chi connectivity index (χ0) is 15.1. The van der Waals surface area contributed by atoms with Crippen LogP contribution < -0.4 is 9.47 Å². The van der Waals surface area contributed by atoms with Gasteiger partial charge in [0, 0.05) is 19.3 Å². The molecular weight excluding hydrogens is 268 g/mol. The van der Waals surface area contributed by atoms with E-state index in [0.29, 0.717) is 43.8 Å². The molecule has 0 atom stereocenters. The van der Waals surface area contributed by atoms with E-state index in [1.807, 2.05) is 18.2 Å². The lowest BCUT2D eigenvalue weighted by Crippen LogP contribution is -2.21. The molecule has 0 radical (unpaired) electrons. The van der Waals surface area contributed by atoms with Crippen molar-refractivity contribution in [3.63, 3.8) is 0 Å². The predicted octanol–water partition coefficient (Wildman–Crippen LogP) is 2.78. The monoisotopic (exact) mass is 286 g/mol. The van der Waals surface area contributed by atoms with Crippen molar-refractivity contribution in [2.45, 2.75) is 31.3 Å². The van der Waals surface area contributed by atoms with Crippen LogP contribution in [-0.2, 0) is 11.2 Å². The van der Waals surface area contributed by atoms with Crippen LogP contribution in [-0.4, -0.2) is 25.7 Å². The first-order chi connectivity index (χ1) is 10.2. The molecule has 110 valence electrons. The second-order valence-electron chi connectivity index (χ2n) is 4.87. The molecule has 5 nitrogen and oxygen atoms in total. The number of methoxy groups -OCH3 is 1. The van der Waals surface area contributed by atoms with E-state index in [9.17, 15) is 4.79 Å². The van der Waals surface area contributed by atoms with Crippen LogP contribution in [0.15, 0.2) is 28.4 Å². The molecule has 0 saturated carbocycles. The van der Waals surface area contributed by atoms with Crippen molar-refractivity contribution < 1.29 is 14.3 Å². The number of hydrogen-bond donors (Lipinski definition) is 0. The van der Waals surface area contributed by atoms with Crippen LogP contribution in [0.1, 0.15) is 24.8 Å². The van der Waals surface area contributed by atoms with Gasteiger partial charge in [-0.05, 0) is 24.1 Å². The highest BCUT2D eigenvalue weighted by Gasteiger charge is 2.40. The maximum Gasteiger partial charge on any atom is 0.225 e. The number of ether oxygens (including phenoxy) is 2. The lowest BCUT2D eigenvalue weighted by Gasteiger charge is -2.14. The van der Waals surface area contributed by atoms with Crippen LogP contribution in [0.2, 0.25) is 0 Å². The predicted molar refractivity (Wildman–Crippen MR) is 78.5 cm³/mol. The minimum absolute atomic E-state index is 0.360. The summed E-state index contributed by atoms with van der Waals surface area (Å²) in [5.74, 6) is 3.87. The number of carbonyl (C=O) groups excluding carboxylic acids is 1. The molecule has 1 heterocycles. The smallest absolute Gasteiger partial charge is 0.225 e. The number of rotatable bonds is 9. The highest BCUT2D eigenvalue weighted by atomic mass is 16.5. The summed E-state index contributed by atoms with van der Waals surface area (Å²) in [6, 6.07) is 5.65. The van der Waals surface area contributed by atoms with Gasteiger partial charge in [0.1, 0.15) is 12.9 Å². The molecular formula is C16H18N2O3. The summed E-state index contributed by atoms with van der Waals surface area (Å²) < 4.78 is 11.1. The van der Waals surface area contributed by atoms with Crippen LogP contribution in [0, 0.1) is 12.3 Å². The maximum atomic E-state index is 10.4. The zero-order valence-corrected chi connectivity index (χ0v) is 12.0. The minimum atomic E-state index is -0.479. The van der Waals surface area contributed by atoms with Crippen molar-refractivity contribution in [3.05, 3.63) is 23.8 Å². The lowest BCUT2D eigenvalue weighted by atomic mass is 10.1. The number of aldehydes is 1. The number of aryl methyl sites for hydroxylation is 1. The van der Waals surface area contributed by atoms with Crippen molar-refractivity contribution in [1.82, 2.24) is 0 Å². The van der Waals surface area contributed by atoms with E-state index >= 15 is 0 Å². The van der Waals surface area contributed by atoms with E-state index < -0.39 is 5.66 Å². The lowest BCUT2D eigenvalue weighted by molar-refractivity contribution is -0.107. The molecule has 0 saturated heterocycles. The molecule has 0 unspecified atom stereocenters. The Kier molecular flexibility index (Phi) is 4.94. The highest BCUT2D eigenvalue weighted by Crippen LogP contribution is 2.36. The Morgan fingerprint density at radius 2 is 2.19 bits per heavy atom. The normalized spacial score (nSPS) is 14.3. The first kappa shape index (κ1) is 15.0. The second kappa shape index (κ2) is 6.89. The molecule has 0 spiro atoms. The third-order valence-corrected chi connectivity index (χ3v) is 3.29. The number of hydrogen-bond acceptors (Lipinski definition) is 5. The molecule has 1 aliphatic rings. The van der Waals surface area contributed by atoms with Crippen molar-refractivity contribution in [3.8, 4) is 23.8 Å². The molecule has 1 aromatic rings. The fourth-order valence-corrected chi connectivity index (χ4v) is 1.98. The van der Waals surface area contributed by atoms with Crippen molar-refractivity contribution in [2.75, 3.05) is 13.7 Å². The fraction of sp³-hybridized carbons (Fsp3) is 0.438. The van der Waals surface area contributed by atoms with Gasteiger partial charge in [0.25, 0.3) is 0 Å². The number of carbonyl (C=O) groups is 1. The van der Waals surface area contributed by atoms with Gasteiger partial charge in [0.2, 0.25) is 5.66 Å². The Morgan fingerprint density at radius 3 is 2.81 bits per heavy atom. The Morgan fingerprint density at radius 1 is 1.38 bits per heavy atom. The first-order valence-electron chi connectivity index (χ1n) is 6.84. The van der Waals surface area contributed by atoms with Gasteiger partial charge >= 0.3 is 0 Å². The Hall–Kier alpha value is -2.35. The van der Waals surface area contributed by atoms with E-state index in [0.717, 1.165) is 11.8 Å². The molecule has 0 bridgehead atoms. The van der Waals surface area contributed by atoms with Crippen molar-refractivity contribution in [2.24, 2.45) is 10.2 Å². The molecule has 0 N–H and O–H groups in total. The van der Waals surface area contributed by atoms with E-state index in [1.54, 1.807) is 7.11 Å². The summed E-state index contributed by atoms with van der Waals surface area (Å²) in [7, 11) is 1.59. The number of nitrogens with zero attached hydrogens (tertiary/aromatic N) is 2. The molecule has 0 amide bonds. The van der Waals surface area contributed by atoms with Gasteiger partial charge in [-0.15, -0.1) is 12.3 Å². The summed E-state index contributed by atoms with van der Waals surface area (Å²) in [6.07, 6.45) is 8.67. The van der Waals surface area contributed by atoms with Gasteiger partial charge in [-0.1, -0.05) is 6.07 Å². The summed E-state index contributed by atoms with van der Waals surface area (Å²) in [5, 5.41) is 8.05. The van der Waals surface area contributed by atoms with Crippen LogP contribution in [0.25, 0.3) is 0 Å². The van der Waals surface area contributed by atoms with Crippen LogP contribution >= 0.6 is 0 Å². The van der Waals surface area contributed by atoms with E-state index in [-0.39, 0.29) is 0 Å². The summed E-state index contributed by atoms with van der Waals surface area (Å²) in [4.78, 5) is 10.4. The van der Waals surface area contributed by atoms with Gasteiger partial charge in [-0.3, -0.25) is 0 Å². The van der Waals surface area contributed by atoms with Crippen LogP contribution in [0.5, 0.6) is 11.5 Å².